The summed E-state index contributed by atoms with van der Waals surface area (Å²) in [5.41, 5.74) is 2.36. The first-order valence-electron chi connectivity index (χ1n) is 3.92. The van der Waals surface area contributed by atoms with Crippen molar-refractivity contribution in [2.75, 3.05) is 0 Å². The molecule has 2 heteroatoms. The Morgan fingerprint density at radius 2 is 2.25 bits per heavy atom. The van der Waals surface area contributed by atoms with Crippen LogP contribution in [0.4, 0.5) is 0 Å². The number of benzene rings is 1. The first kappa shape index (κ1) is 9.27. The van der Waals surface area contributed by atoms with Crippen molar-refractivity contribution in [3.8, 4) is 0 Å². The molecule has 1 rings (SSSR count). The quantitative estimate of drug-likeness (QED) is 0.657. The van der Waals surface area contributed by atoms with Crippen LogP contribution in [0.15, 0.2) is 18.2 Å². The van der Waals surface area contributed by atoms with Crippen LogP contribution in [0.25, 0.3) is 0 Å². The standard InChI is InChI=1S/C10H11ClO/c1-8-7-10(11)5-4-9(8)3-2-6-12/h4-7H,2-3H2,1H3. The minimum absolute atomic E-state index is 0.586. The molecule has 1 nitrogen and oxygen atoms in total. The van der Waals surface area contributed by atoms with E-state index in [-0.39, 0.29) is 0 Å². The van der Waals surface area contributed by atoms with E-state index in [4.69, 9.17) is 11.6 Å². The van der Waals surface area contributed by atoms with E-state index in [0.29, 0.717) is 6.42 Å². The molecule has 0 fully saturated rings. The molecule has 0 atom stereocenters. The third-order valence-electron chi connectivity index (χ3n) is 1.84. The molecule has 0 bridgehead atoms. The summed E-state index contributed by atoms with van der Waals surface area (Å²) in [5.74, 6) is 0. The summed E-state index contributed by atoms with van der Waals surface area (Å²) in [6, 6.07) is 5.75. The molecule has 1 aromatic carbocycles. The van der Waals surface area contributed by atoms with E-state index in [1.54, 1.807) is 0 Å². The fourth-order valence-electron chi connectivity index (χ4n) is 1.15. The minimum Gasteiger partial charge on any atom is -0.303 e. The van der Waals surface area contributed by atoms with E-state index < -0.39 is 0 Å². The zero-order valence-corrected chi connectivity index (χ0v) is 7.77. The minimum atomic E-state index is 0.586. The van der Waals surface area contributed by atoms with Gasteiger partial charge in [-0.1, -0.05) is 17.7 Å². The van der Waals surface area contributed by atoms with E-state index in [2.05, 4.69) is 0 Å². The first-order valence-corrected chi connectivity index (χ1v) is 4.30. The van der Waals surface area contributed by atoms with E-state index in [0.717, 1.165) is 23.3 Å². The maximum Gasteiger partial charge on any atom is 0.120 e. The number of rotatable bonds is 3. The number of hydrogen-bond donors (Lipinski definition) is 0. The van der Waals surface area contributed by atoms with E-state index in [1.807, 2.05) is 25.1 Å². The largest absolute Gasteiger partial charge is 0.303 e. The van der Waals surface area contributed by atoms with Gasteiger partial charge in [0.05, 0.1) is 0 Å². The molecule has 0 aliphatic carbocycles. The maximum absolute atomic E-state index is 10.1. The molecule has 0 saturated carbocycles. The summed E-state index contributed by atoms with van der Waals surface area (Å²) >= 11 is 5.78. The van der Waals surface area contributed by atoms with Crippen molar-refractivity contribution in [1.29, 1.82) is 0 Å². The average Bonchev–Trinajstić information content (AvgIpc) is 2.03. The lowest BCUT2D eigenvalue weighted by atomic mass is 10.0. The van der Waals surface area contributed by atoms with Gasteiger partial charge in [-0.2, -0.15) is 0 Å². The Hall–Kier alpha value is -0.820. The molecule has 0 N–H and O–H groups in total. The van der Waals surface area contributed by atoms with Gasteiger partial charge in [-0.3, -0.25) is 0 Å². The van der Waals surface area contributed by atoms with Crippen LogP contribution in [0.2, 0.25) is 5.02 Å². The first-order chi connectivity index (χ1) is 5.74. The monoisotopic (exact) mass is 182 g/mol. The van der Waals surface area contributed by atoms with Crippen LogP contribution < -0.4 is 0 Å². The predicted molar refractivity (Wildman–Crippen MR) is 50.6 cm³/mol. The molecule has 64 valence electrons. The predicted octanol–water partition coefficient (Wildman–Crippen LogP) is 2.78. The highest BCUT2D eigenvalue weighted by atomic mass is 35.5. The summed E-state index contributed by atoms with van der Waals surface area (Å²) in [6.45, 7) is 2.01. The molecule has 1 aromatic rings. The van der Waals surface area contributed by atoms with Crippen LogP contribution in [0.5, 0.6) is 0 Å². The highest BCUT2D eigenvalue weighted by Gasteiger charge is 1.97. The van der Waals surface area contributed by atoms with Crippen molar-refractivity contribution in [2.24, 2.45) is 0 Å². The van der Waals surface area contributed by atoms with E-state index in [1.165, 1.54) is 5.56 Å². The molecular weight excluding hydrogens is 172 g/mol. The van der Waals surface area contributed by atoms with Crippen molar-refractivity contribution < 1.29 is 4.79 Å². The lowest BCUT2D eigenvalue weighted by Crippen LogP contribution is -1.89. The molecule has 0 saturated heterocycles. The molecular formula is C10H11ClO. The smallest absolute Gasteiger partial charge is 0.120 e. The Labute approximate surface area is 77.4 Å². The molecule has 0 aliphatic rings. The third kappa shape index (κ3) is 2.35. The maximum atomic E-state index is 10.1. The average molecular weight is 183 g/mol. The lowest BCUT2D eigenvalue weighted by Gasteiger charge is -2.02. The van der Waals surface area contributed by atoms with Gasteiger partial charge in [0, 0.05) is 11.4 Å². The van der Waals surface area contributed by atoms with Crippen molar-refractivity contribution in [1.82, 2.24) is 0 Å². The van der Waals surface area contributed by atoms with Crippen LogP contribution in [0, 0.1) is 6.92 Å². The third-order valence-corrected chi connectivity index (χ3v) is 2.07. The van der Waals surface area contributed by atoms with Crippen molar-refractivity contribution in [3.63, 3.8) is 0 Å². The highest BCUT2D eigenvalue weighted by molar-refractivity contribution is 6.30. The second-order valence-electron chi connectivity index (χ2n) is 2.78. The van der Waals surface area contributed by atoms with Crippen molar-refractivity contribution >= 4 is 17.9 Å². The second kappa shape index (κ2) is 4.27. The van der Waals surface area contributed by atoms with Gasteiger partial charge in [-0.05, 0) is 36.6 Å². The SMILES string of the molecule is Cc1cc(Cl)ccc1CCC=O. The van der Waals surface area contributed by atoms with Crippen LogP contribution >= 0.6 is 11.6 Å². The van der Waals surface area contributed by atoms with Gasteiger partial charge in [-0.15, -0.1) is 0 Å². The van der Waals surface area contributed by atoms with Gasteiger partial charge in [0.15, 0.2) is 0 Å². The summed E-state index contributed by atoms with van der Waals surface area (Å²) in [4.78, 5) is 10.1. The van der Waals surface area contributed by atoms with Crippen LogP contribution in [0.3, 0.4) is 0 Å². The second-order valence-corrected chi connectivity index (χ2v) is 3.21. The number of carbonyl (C=O) groups excluding carboxylic acids is 1. The van der Waals surface area contributed by atoms with Crippen molar-refractivity contribution in [2.45, 2.75) is 19.8 Å². The summed E-state index contributed by atoms with van der Waals surface area (Å²) in [6.07, 6.45) is 2.34. The van der Waals surface area contributed by atoms with E-state index >= 15 is 0 Å². The lowest BCUT2D eigenvalue weighted by molar-refractivity contribution is -0.107. The Bertz CT molecular complexity index is 281. The number of aryl methyl sites for hydroxylation is 2. The van der Waals surface area contributed by atoms with E-state index in [9.17, 15) is 4.79 Å². The van der Waals surface area contributed by atoms with Crippen LogP contribution in [-0.4, -0.2) is 6.29 Å². The molecule has 0 amide bonds. The number of carbonyl (C=O) groups is 1. The fourth-order valence-corrected chi connectivity index (χ4v) is 1.38. The molecule has 12 heavy (non-hydrogen) atoms. The van der Waals surface area contributed by atoms with Crippen LogP contribution in [0.1, 0.15) is 17.5 Å². The molecule has 0 radical (unpaired) electrons. The number of hydrogen-bond acceptors (Lipinski definition) is 1. The van der Waals surface area contributed by atoms with Gasteiger partial charge in [0.2, 0.25) is 0 Å². The summed E-state index contributed by atoms with van der Waals surface area (Å²) in [5, 5.41) is 0.752. The van der Waals surface area contributed by atoms with Gasteiger partial charge < -0.3 is 4.79 Å². The molecule has 0 aromatic heterocycles. The van der Waals surface area contributed by atoms with Gasteiger partial charge in [0.25, 0.3) is 0 Å². The Morgan fingerprint density at radius 3 is 2.83 bits per heavy atom. The molecule has 0 heterocycles. The Kier molecular flexibility index (Phi) is 3.30. The van der Waals surface area contributed by atoms with Gasteiger partial charge in [-0.25, -0.2) is 0 Å². The Morgan fingerprint density at radius 1 is 1.50 bits per heavy atom. The van der Waals surface area contributed by atoms with Crippen LogP contribution in [-0.2, 0) is 11.2 Å². The van der Waals surface area contributed by atoms with Gasteiger partial charge >= 0.3 is 0 Å². The highest BCUT2D eigenvalue weighted by Crippen LogP contribution is 2.15. The zero-order chi connectivity index (χ0) is 8.97. The zero-order valence-electron chi connectivity index (χ0n) is 7.01. The Balaban J connectivity index is 2.78. The topological polar surface area (TPSA) is 17.1 Å². The number of aldehydes is 1. The van der Waals surface area contributed by atoms with Crippen molar-refractivity contribution in [3.05, 3.63) is 34.3 Å². The molecule has 0 spiro atoms. The summed E-state index contributed by atoms with van der Waals surface area (Å²) < 4.78 is 0. The summed E-state index contributed by atoms with van der Waals surface area (Å²) in [7, 11) is 0. The van der Waals surface area contributed by atoms with Gasteiger partial charge in [0.1, 0.15) is 6.29 Å². The number of halogens is 1. The molecule has 0 aliphatic heterocycles. The fraction of sp³-hybridized carbons (Fsp3) is 0.300. The normalized spacial score (nSPS) is 9.83. The molecule has 0 unspecified atom stereocenters.